The second-order valence-electron chi connectivity index (χ2n) is 9.07. The maximum atomic E-state index is 11.7. The minimum atomic E-state index is -0.457. The van der Waals surface area contributed by atoms with E-state index in [-0.39, 0.29) is 6.09 Å². The van der Waals surface area contributed by atoms with Crippen molar-refractivity contribution >= 4 is 6.09 Å². The number of hydrogen-bond donors (Lipinski definition) is 2. The van der Waals surface area contributed by atoms with Crippen molar-refractivity contribution in [2.45, 2.75) is 77.4 Å². The van der Waals surface area contributed by atoms with Gasteiger partial charge in [-0.3, -0.25) is 0 Å². The highest BCUT2D eigenvalue weighted by Gasteiger charge is 2.29. The van der Waals surface area contributed by atoms with Crippen LogP contribution in [0.15, 0.2) is 0 Å². The molecule has 0 atom stereocenters. The summed E-state index contributed by atoms with van der Waals surface area (Å²) < 4.78 is 5.29. The normalized spacial score (nSPS) is 28.4. The molecule has 0 aromatic rings. The van der Waals surface area contributed by atoms with Crippen molar-refractivity contribution in [1.82, 2.24) is 10.2 Å². The molecule has 5 nitrogen and oxygen atoms in total. The molecule has 1 saturated carbocycles. The Bertz CT molecular complexity index is 399. The summed E-state index contributed by atoms with van der Waals surface area (Å²) in [5.74, 6) is 1.35. The van der Waals surface area contributed by atoms with Crippen LogP contribution in [0.4, 0.5) is 4.79 Å². The predicted octanol–water partition coefficient (Wildman–Crippen LogP) is 3.16. The van der Waals surface area contributed by atoms with Crippen LogP contribution in [0.1, 0.15) is 66.2 Å². The quantitative estimate of drug-likeness (QED) is 0.825. The van der Waals surface area contributed by atoms with Gasteiger partial charge in [0.15, 0.2) is 0 Å². The lowest BCUT2D eigenvalue weighted by atomic mass is 9.81. The third-order valence-corrected chi connectivity index (χ3v) is 5.35. The Balaban J connectivity index is 1.61. The monoisotopic (exact) mass is 340 g/mol. The number of piperidine rings is 1. The molecule has 1 amide bonds. The molecule has 1 aliphatic carbocycles. The number of amides is 1. The van der Waals surface area contributed by atoms with E-state index in [1.807, 2.05) is 27.7 Å². The molecule has 1 heterocycles. The number of nitrogens with one attached hydrogen (secondary N) is 1. The molecule has 0 unspecified atom stereocenters. The first-order chi connectivity index (χ1) is 11.1. The molecular formula is C19H36N2O3. The minimum absolute atomic E-state index is 0.301. The fourth-order valence-corrected chi connectivity index (χ4v) is 3.74. The molecule has 1 aliphatic heterocycles. The molecule has 0 radical (unpaired) electrons. The second kappa shape index (κ2) is 8.05. The standard InChI is InChI=1S/C19H36N2O3/c1-18(2,3)24-17(22)20-13-15-5-7-16(8-6-15)14-21-11-9-19(4,23)10-12-21/h15-16,23H,5-14H2,1-4H3,(H,20,22). The van der Waals surface area contributed by atoms with Crippen LogP contribution in [-0.4, -0.2) is 53.5 Å². The van der Waals surface area contributed by atoms with Crippen LogP contribution in [0, 0.1) is 11.8 Å². The van der Waals surface area contributed by atoms with Gasteiger partial charge in [-0.05, 0) is 78.1 Å². The number of nitrogens with zero attached hydrogens (tertiary/aromatic N) is 1. The van der Waals surface area contributed by atoms with E-state index in [9.17, 15) is 9.90 Å². The highest BCUT2D eigenvalue weighted by Crippen LogP contribution is 2.30. The zero-order valence-electron chi connectivity index (χ0n) is 15.9. The van der Waals surface area contributed by atoms with E-state index in [1.165, 1.54) is 32.2 Å². The maximum absolute atomic E-state index is 11.7. The van der Waals surface area contributed by atoms with Crippen molar-refractivity contribution in [3.63, 3.8) is 0 Å². The maximum Gasteiger partial charge on any atom is 0.407 e. The lowest BCUT2D eigenvalue weighted by Gasteiger charge is -2.39. The highest BCUT2D eigenvalue weighted by atomic mass is 16.6. The van der Waals surface area contributed by atoms with Crippen molar-refractivity contribution in [3.05, 3.63) is 0 Å². The van der Waals surface area contributed by atoms with Gasteiger partial charge in [0.2, 0.25) is 0 Å². The Hall–Kier alpha value is -0.810. The topological polar surface area (TPSA) is 61.8 Å². The van der Waals surface area contributed by atoms with Gasteiger partial charge in [0.25, 0.3) is 0 Å². The van der Waals surface area contributed by atoms with E-state index in [4.69, 9.17) is 4.74 Å². The van der Waals surface area contributed by atoms with Gasteiger partial charge in [0.05, 0.1) is 5.60 Å². The average Bonchev–Trinajstić information content (AvgIpc) is 2.47. The van der Waals surface area contributed by atoms with Gasteiger partial charge in [-0.2, -0.15) is 0 Å². The van der Waals surface area contributed by atoms with Crippen LogP contribution in [0.3, 0.4) is 0 Å². The Morgan fingerprint density at radius 2 is 1.71 bits per heavy atom. The van der Waals surface area contributed by atoms with E-state index in [1.54, 1.807) is 0 Å². The fourth-order valence-electron chi connectivity index (χ4n) is 3.74. The van der Waals surface area contributed by atoms with Crippen molar-refractivity contribution in [2.24, 2.45) is 11.8 Å². The van der Waals surface area contributed by atoms with Gasteiger partial charge >= 0.3 is 6.09 Å². The molecule has 2 aliphatic rings. The summed E-state index contributed by atoms with van der Waals surface area (Å²) in [5, 5.41) is 13.0. The van der Waals surface area contributed by atoms with E-state index in [0.29, 0.717) is 5.92 Å². The first kappa shape index (κ1) is 19.5. The van der Waals surface area contributed by atoms with Crippen molar-refractivity contribution in [2.75, 3.05) is 26.2 Å². The molecule has 0 aromatic heterocycles. The van der Waals surface area contributed by atoms with Gasteiger partial charge in [-0.25, -0.2) is 4.79 Å². The minimum Gasteiger partial charge on any atom is -0.444 e. The van der Waals surface area contributed by atoms with Gasteiger partial charge in [-0.1, -0.05) is 0 Å². The number of hydrogen-bond acceptors (Lipinski definition) is 4. The molecule has 140 valence electrons. The number of carbonyl (C=O) groups excluding carboxylic acids is 1. The van der Waals surface area contributed by atoms with E-state index in [2.05, 4.69) is 10.2 Å². The average molecular weight is 341 g/mol. The molecule has 0 aromatic carbocycles. The van der Waals surface area contributed by atoms with Crippen molar-refractivity contribution in [1.29, 1.82) is 0 Å². The molecule has 2 fully saturated rings. The van der Waals surface area contributed by atoms with Crippen LogP contribution in [-0.2, 0) is 4.74 Å². The Labute approximate surface area is 147 Å². The molecule has 2 N–H and O–H groups in total. The molecular weight excluding hydrogens is 304 g/mol. The Morgan fingerprint density at radius 3 is 2.25 bits per heavy atom. The molecule has 0 spiro atoms. The van der Waals surface area contributed by atoms with Crippen LogP contribution in [0.5, 0.6) is 0 Å². The number of likely N-dealkylation sites (tertiary alicyclic amines) is 1. The third kappa shape index (κ3) is 6.98. The van der Waals surface area contributed by atoms with Gasteiger partial charge in [0.1, 0.15) is 5.60 Å². The smallest absolute Gasteiger partial charge is 0.407 e. The number of ether oxygens (including phenoxy) is 1. The fraction of sp³-hybridized carbons (Fsp3) is 0.947. The summed E-state index contributed by atoms with van der Waals surface area (Å²) in [6, 6.07) is 0. The van der Waals surface area contributed by atoms with Crippen LogP contribution >= 0.6 is 0 Å². The zero-order valence-corrected chi connectivity index (χ0v) is 15.9. The van der Waals surface area contributed by atoms with E-state index >= 15 is 0 Å². The van der Waals surface area contributed by atoms with Crippen LogP contribution in [0.2, 0.25) is 0 Å². The number of carbonyl (C=O) groups is 1. The molecule has 1 saturated heterocycles. The summed E-state index contributed by atoms with van der Waals surface area (Å²) in [5.41, 5.74) is -0.887. The number of rotatable bonds is 4. The number of aliphatic hydroxyl groups is 1. The molecule has 24 heavy (non-hydrogen) atoms. The van der Waals surface area contributed by atoms with E-state index in [0.717, 1.165) is 38.4 Å². The number of alkyl carbamates (subject to hydrolysis) is 1. The summed E-state index contributed by atoms with van der Waals surface area (Å²) in [4.78, 5) is 14.2. The van der Waals surface area contributed by atoms with Crippen molar-refractivity contribution in [3.8, 4) is 0 Å². The summed E-state index contributed by atoms with van der Waals surface area (Å²) in [6.45, 7) is 11.6. The second-order valence-corrected chi connectivity index (χ2v) is 9.07. The van der Waals surface area contributed by atoms with Crippen LogP contribution in [0.25, 0.3) is 0 Å². The first-order valence-electron chi connectivity index (χ1n) is 9.54. The summed E-state index contributed by atoms with van der Waals surface area (Å²) >= 11 is 0. The van der Waals surface area contributed by atoms with Gasteiger partial charge < -0.3 is 20.1 Å². The Morgan fingerprint density at radius 1 is 1.17 bits per heavy atom. The van der Waals surface area contributed by atoms with Gasteiger partial charge in [0, 0.05) is 26.2 Å². The van der Waals surface area contributed by atoms with Gasteiger partial charge in [-0.15, -0.1) is 0 Å². The third-order valence-electron chi connectivity index (χ3n) is 5.35. The SMILES string of the molecule is CC1(O)CCN(CC2CCC(CNC(=O)OC(C)(C)C)CC2)CC1. The lowest BCUT2D eigenvalue weighted by molar-refractivity contribution is -0.0106. The zero-order chi connectivity index (χ0) is 17.8. The highest BCUT2D eigenvalue weighted by molar-refractivity contribution is 5.67. The largest absolute Gasteiger partial charge is 0.444 e. The van der Waals surface area contributed by atoms with E-state index < -0.39 is 11.2 Å². The first-order valence-corrected chi connectivity index (χ1v) is 9.54. The molecule has 2 rings (SSSR count). The van der Waals surface area contributed by atoms with Crippen LogP contribution < -0.4 is 5.32 Å². The van der Waals surface area contributed by atoms with Crippen molar-refractivity contribution < 1.29 is 14.6 Å². The molecule has 0 bridgehead atoms. The summed E-state index contributed by atoms with van der Waals surface area (Å²) in [7, 11) is 0. The lowest BCUT2D eigenvalue weighted by Crippen LogP contribution is -2.44. The molecule has 5 heteroatoms. The Kier molecular flexibility index (Phi) is 6.54. The summed E-state index contributed by atoms with van der Waals surface area (Å²) in [6.07, 6.45) is 6.34. The predicted molar refractivity (Wildman–Crippen MR) is 96.0 cm³/mol.